The Balaban J connectivity index is 2.41. The zero-order valence-corrected chi connectivity index (χ0v) is 9.95. The van der Waals surface area contributed by atoms with Crippen molar-refractivity contribution in [2.24, 2.45) is 5.73 Å². The standard InChI is InChI=1S/C9H11BrN4O2/c10-7-6(2-1-3-12-7)8(15)13-4-5-14-9(11)16/h1-3H,4-5H2,(H,13,15)(H3,11,14,16). The van der Waals surface area contributed by atoms with Gasteiger partial charge in [0, 0.05) is 19.3 Å². The largest absolute Gasteiger partial charge is 0.352 e. The number of carbonyl (C=O) groups excluding carboxylic acids is 2. The lowest BCUT2D eigenvalue weighted by atomic mass is 10.3. The summed E-state index contributed by atoms with van der Waals surface area (Å²) in [6, 6.07) is 2.70. The highest BCUT2D eigenvalue weighted by Gasteiger charge is 2.08. The molecule has 1 aromatic rings. The molecule has 0 aliphatic rings. The first-order valence-corrected chi connectivity index (χ1v) is 5.32. The zero-order chi connectivity index (χ0) is 12.0. The van der Waals surface area contributed by atoms with E-state index in [2.05, 4.69) is 31.5 Å². The van der Waals surface area contributed by atoms with Crippen LogP contribution >= 0.6 is 15.9 Å². The molecule has 6 nitrogen and oxygen atoms in total. The summed E-state index contributed by atoms with van der Waals surface area (Å²) in [5.41, 5.74) is 5.31. The Morgan fingerprint density at radius 3 is 2.69 bits per heavy atom. The van der Waals surface area contributed by atoms with E-state index in [1.54, 1.807) is 18.3 Å². The SMILES string of the molecule is NC(=O)NCCNC(=O)c1cccnc1Br. The van der Waals surface area contributed by atoms with Crippen LogP contribution in [0.1, 0.15) is 10.4 Å². The first-order chi connectivity index (χ1) is 7.61. The van der Waals surface area contributed by atoms with Crippen molar-refractivity contribution in [1.82, 2.24) is 15.6 Å². The highest BCUT2D eigenvalue weighted by Crippen LogP contribution is 2.11. The maximum absolute atomic E-state index is 11.6. The maximum atomic E-state index is 11.6. The van der Waals surface area contributed by atoms with E-state index in [1.165, 1.54) is 0 Å². The Kier molecular flexibility index (Phi) is 4.71. The molecule has 3 amide bonds. The Labute approximate surface area is 101 Å². The van der Waals surface area contributed by atoms with E-state index in [0.717, 1.165) is 0 Å². The van der Waals surface area contributed by atoms with Crippen LogP contribution < -0.4 is 16.4 Å². The average molecular weight is 287 g/mol. The lowest BCUT2D eigenvalue weighted by Gasteiger charge is -2.06. The van der Waals surface area contributed by atoms with Gasteiger partial charge in [0.05, 0.1) is 5.56 Å². The van der Waals surface area contributed by atoms with Gasteiger partial charge in [-0.3, -0.25) is 4.79 Å². The molecule has 1 heterocycles. The van der Waals surface area contributed by atoms with Crippen molar-refractivity contribution in [3.8, 4) is 0 Å². The molecule has 86 valence electrons. The molecular formula is C9H11BrN4O2. The third-order valence-corrected chi connectivity index (χ3v) is 2.35. The summed E-state index contributed by atoms with van der Waals surface area (Å²) in [6.07, 6.45) is 1.58. The van der Waals surface area contributed by atoms with Gasteiger partial charge in [-0.1, -0.05) is 0 Å². The van der Waals surface area contributed by atoms with Gasteiger partial charge < -0.3 is 16.4 Å². The number of urea groups is 1. The summed E-state index contributed by atoms with van der Waals surface area (Å²) in [5, 5.41) is 4.98. The van der Waals surface area contributed by atoms with Gasteiger partial charge in [0.2, 0.25) is 0 Å². The lowest BCUT2D eigenvalue weighted by molar-refractivity contribution is 0.0952. The van der Waals surface area contributed by atoms with Crippen molar-refractivity contribution in [1.29, 1.82) is 0 Å². The molecule has 0 aliphatic heterocycles. The minimum atomic E-state index is -0.614. The van der Waals surface area contributed by atoms with Gasteiger partial charge in [-0.05, 0) is 28.1 Å². The summed E-state index contributed by atoms with van der Waals surface area (Å²) >= 11 is 3.17. The van der Waals surface area contributed by atoms with E-state index >= 15 is 0 Å². The summed E-state index contributed by atoms with van der Waals surface area (Å²) in [7, 11) is 0. The molecule has 0 radical (unpaired) electrons. The second-order valence-corrected chi connectivity index (χ2v) is 3.64. The summed E-state index contributed by atoms with van der Waals surface area (Å²) < 4.78 is 0.482. The number of pyridine rings is 1. The van der Waals surface area contributed by atoms with E-state index in [-0.39, 0.29) is 5.91 Å². The first kappa shape index (κ1) is 12.4. The van der Waals surface area contributed by atoms with Gasteiger partial charge in [-0.2, -0.15) is 0 Å². The number of halogens is 1. The molecule has 16 heavy (non-hydrogen) atoms. The number of nitrogens with one attached hydrogen (secondary N) is 2. The third kappa shape index (κ3) is 3.85. The number of primary amides is 1. The van der Waals surface area contributed by atoms with Gasteiger partial charge in [-0.15, -0.1) is 0 Å². The van der Waals surface area contributed by atoms with Crippen molar-refractivity contribution in [2.45, 2.75) is 0 Å². The molecule has 0 bridgehead atoms. The van der Waals surface area contributed by atoms with Gasteiger partial charge in [0.25, 0.3) is 5.91 Å². The Bertz CT molecular complexity index is 397. The van der Waals surface area contributed by atoms with E-state index in [0.29, 0.717) is 23.3 Å². The smallest absolute Gasteiger partial charge is 0.312 e. The predicted molar refractivity (Wildman–Crippen MR) is 61.9 cm³/mol. The predicted octanol–water partition coefficient (Wildman–Crippen LogP) is 0.242. The number of amides is 3. The normalized spacial score (nSPS) is 9.56. The Hall–Kier alpha value is -1.63. The molecule has 0 atom stereocenters. The molecule has 0 spiro atoms. The van der Waals surface area contributed by atoms with Crippen LogP contribution in [0.4, 0.5) is 4.79 Å². The number of carbonyl (C=O) groups is 2. The maximum Gasteiger partial charge on any atom is 0.312 e. The van der Waals surface area contributed by atoms with Crippen LogP contribution in [-0.2, 0) is 0 Å². The molecule has 0 unspecified atom stereocenters. The van der Waals surface area contributed by atoms with Gasteiger partial charge in [-0.25, -0.2) is 9.78 Å². The zero-order valence-electron chi connectivity index (χ0n) is 8.37. The lowest BCUT2D eigenvalue weighted by Crippen LogP contribution is -2.37. The fourth-order valence-electron chi connectivity index (χ4n) is 1.01. The molecule has 0 aromatic carbocycles. The molecule has 1 rings (SSSR count). The fourth-order valence-corrected chi connectivity index (χ4v) is 1.44. The van der Waals surface area contributed by atoms with Crippen LogP contribution in [0.3, 0.4) is 0 Å². The van der Waals surface area contributed by atoms with Gasteiger partial charge in [0.1, 0.15) is 4.60 Å². The summed E-state index contributed by atoms with van der Waals surface area (Å²) in [6.45, 7) is 0.599. The fraction of sp³-hybridized carbons (Fsp3) is 0.222. The van der Waals surface area contributed by atoms with E-state index < -0.39 is 6.03 Å². The Morgan fingerprint density at radius 1 is 1.38 bits per heavy atom. The number of hydrogen-bond acceptors (Lipinski definition) is 3. The highest BCUT2D eigenvalue weighted by atomic mass is 79.9. The first-order valence-electron chi connectivity index (χ1n) is 4.53. The van der Waals surface area contributed by atoms with Crippen molar-refractivity contribution in [2.75, 3.05) is 13.1 Å². The summed E-state index contributed by atoms with van der Waals surface area (Å²) in [4.78, 5) is 25.9. The monoisotopic (exact) mass is 286 g/mol. The van der Waals surface area contributed by atoms with E-state index in [9.17, 15) is 9.59 Å². The van der Waals surface area contributed by atoms with Crippen LogP contribution in [-0.4, -0.2) is 30.0 Å². The van der Waals surface area contributed by atoms with Crippen LogP contribution in [0.5, 0.6) is 0 Å². The van der Waals surface area contributed by atoms with Crippen molar-refractivity contribution < 1.29 is 9.59 Å². The van der Waals surface area contributed by atoms with E-state index in [1.807, 2.05) is 0 Å². The Morgan fingerprint density at radius 2 is 2.06 bits per heavy atom. The van der Waals surface area contributed by atoms with Crippen LogP contribution in [0.2, 0.25) is 0 Å². The number of nitrogens with zero attached hydrogens (tertiary/aromatic N) is 1. The van der Waals surface area contributed by atoms with Crippen LogP contribution in [0.15, 0.2) is 22.9 Å². The number of aromatic nitrogens is 1. The van der Waals surface area contributed by atoms with Crippen LogP contribution in [0, 0.1) is 0 Å². The number of hydrogen-bond donors (Lipinski definition) is 3. The molecule has 0 aliphatic carbocycles. The molecule has 0 saturated carbocycles. The molecule has 0 fully saturated rings. The van der Waals surface area contributed by atoms with Crippen molar-refractivity contribution in [3.05, 3.63) is 28.5 Å². The minimum Gasteiger partial charge on any atom is -0.352 e. The quantitative estimate of drug-likeness (QED) is 0.546. The second-order valence-electron chi connectivity index (χ2n) is 2.89. The van der Waals surface area contributed by atoms with Crippen molar-refractivity contribution in [3.63, 3.8) is 0 Å². The van der Waals surface area contributed by atoms with Gasteiger partial charge >= 0.3 is 6.03 Å². The molecular weight excluding hydrogens is 276 g/mol. The highest BCUT2D eigenvalue weighted by molar-refractivity contribution is 9.10. The molecule has 4 N–H and O–H groups in total. The topological polar surface area (TPSA) is 97.1 Å². The molecule has 0 saturated heterocycles. The number of rotatable bonds is 4. The minimum absolute atomic E-state index is 0.258. The van der Waals surface area contributed by atoms with E-state index in [4.69, 9.17) is 5.73 Å². The average Bonchev–Trinajstić information content (AvgIpc) is 2.24. The third-order valence-electron chi connectivity index (χ3n) is 1.71. The van der Waals surface area contributed by atoms with Crippen LogP contribution in [0.25, 0.3) is 0 Å². The number of nitrogens with two attached hydrogens (primary N) is 1. The summed E-state index contributed by atoms with van der Waals surface area (Å²) in [5.74, 6) is -0.258. The molecule has 1 aromatic heterocycles. The van der Waals surface area contributed by atoms with Gasteiger partial charge in [0.15, 0.2) is 0 Å². The van der Waals surface area contributed by atoms with Crippen molar-refractivity contribution >= 4 is 27.9 Å². The molecule has 7 heteroatoms. The second kappa shape index (κ2) is 6.06.